The van der Waals surface area contributed by atoms with Gasteiger partial charge < -0.3 is 15.0 Å². The van der Waals surface area contributed by atoms with Gasteiger partial charge in [-0.2, -0.15) is 5.10 Å². The zero-order valence-corrected chi connectivity index (χ0v) is 24.3. The number of hydrogen-bond acceptors (Lipinski definition) is 7. The summed E-state index contributed by atoms with van der Waals surface area (Å²) in [7, 11) is 1.30. The van der Waals surface area contributed by atoms with Crippen LogP contribution in [0.4, 0.5) is 10.1 Å². The van der Waals surface area contributed by atoms with Crippen LogP contribution in [0.25, 0.3) is 0 Å². The van der Waals surface area contributed by atoms with E-state index in [1.54, 1.807) is 12.1 Å². The van der Waals surface area contributed by atoms with Gasteiger partial charge in [-0.15, -0.1) is 0 Å². The number of nitrogens with one attached hydrogen (secondary N) is 1. The van der Waals surface area contributed by atoms with Crippen LogP contribution < -0.4 is 10.2 Å². The zero-order valence-electron chi connectivity index (χ0n) is 22.2. The summed E-state index contributed by atoms with van der Waals surface area (Å²) >= 11 is 2.08. The van der Waals surface area contributed by atoms with E-state index < -0.39 is 10.0 Å². The first kappa shape index (κ1) is 28.3. The van der Waals surface area contributed by atoms with Gasteiger partial charge in [-0.05, 0) is 50.1 Å². The molecule has 2 aliphatic heterocycles. The van der Waals surface area contributed by atoms with E-state index in [1.165, 1.54) is 35.0 Å². The Morgan fingerprint density at radius 2 is 1.87 bits per heavy atom. The number of piperazine rings is 1. The van der Waals surface area contributed by atoms with Gasteiger partial charge in [-0.3, -0.25) is 19.5 Å². The number of benzene rings is 2. The molecule has 2 aromatic rings. The van der Waals surface area contributed by atoms with Crippen molar-refractivity contribution < 1.29 is 18.7 Å². The van der Waals surface area contributed by atoms with Gasteiger partial charge in [0, 0.05) is 49.5 Å². The normalized spacial score (nSPS) is 17.6. The molecule has 4 rings (SSSR count). The average Bonchev–Trinajstić information content (AvgIpc) is 2.91. The fraction of sp³-hybridized carbons (Fsp3) is 0.464. The van der Waals surface area contributed by atoms with Gasteiger partial charge in [0.25, 0.3) is 0 Å². The monoisotopic (exact) mass is 635 g/mol. The maximum absolute atomic E-state index is 14.7. The highest BCUT2D eigenvalue weighted by Gasteiger charge is 2.31. The van der Waals surface area contributed by atoms with Crippen molar-refractivity contribution in [1.29, 1.82) is 0 Å². The number of carbonyl (C=O) groups excluding carboxylic acids is 2. The molecule has 1 amide bonds. The zero-order chi connectivity index (χ0) is 27.2. The van der Waals surface area contributed by atoms with E-state index in [-0.39, 0.29) is 24.7 Å². The number of nitrogens with zero attached hydrogens (tertiary/aromatic N) is 4. The number of fused-ring (bicyclic) bond motifs is 1. The topological polar surface area (TPSA) is 77.5 Å². The van der Waals surface area contributed by atoms with Crippen molar-refractivity contribution >= 4 is 45.9 Å². The Hall–Kier alpha value is -2.73. The summed E-state index contributed by atoms with van der Waals surface area (Å²) in [4.78, 5) is 29.5. The molecule has 204 valence electrons. The summed E-state index contributed by atoms with van der Waals surface area (Å²) in [5.74, 6) is -1.04. The number of ether oxygens (including phenoxy) is 1. The molecule has 1 fully saturated rings. The van der Waals surface area contributed by atoms with E-state index >= 15 is 0 Å². The van der Waals surface area contributed by atoms with Gasteiger partial charge >= 0.3 is 5.97 Å². The number of rotatable bonds is 9. The largest absolute Gasteiger partial charge is 0.469 e. The Labute approximate surface area is 237 Å². The molecule has 1 N–H and O–H groups in total. The lowest BCUT2D eigenvalue weighted by Crippen LogP contribution is -2.47. The first-order valence-corrected chi connectivity index (χ1v) is 14.2. The van der Waals surface area contributed by atoms with Gasteiger partial charge in [-0.1, -0.05) is 46.9 Å². The predicted molar refractivity (Wildman–Crippen MR) is 155 cm³/mol. The van der Waals surface area contributed by atoms with Crippen molar-refractivity contribution in [3.63, 3.8) is 0 Å². The minimum Gasteiger partial charge on any atom is -0.469 e. The number of amides is 1. The van der Waals surface area contributed by atoms with E-state index in [4.69, 9.17) is 4.74 Å². The number of alkyl halides is 1. The molecule has 0 radical (unpaired) electrons. The molecule has 0 aliphatic carbocycles. The van der Waals surface area contributed by atoms with Crippen LogP contribution in [0.1, 0.15) is 39.1 Å². The number of anilines is 1. The second-order valence-corrected chi connectivity index (χ2v) is 10.9. The molecule has 38 heavy (non-hydrogen) atoms. The van der Waals surface area contributed by atoms with Crippen LogP contribution in [0, 0.1) is 19.7 Å². The maximum Gasteiger partial charge on any atom is 0.311 e. The molecule has 1 atom stereocenters. The minimum atomic E-state index is -0.468. The fourth-order valence-corrected chi connectivity index (χ4v) is 5.87. The maximum atomic E-state index is 14.7. The van der Waals surface area contributed by atoms with Gasteiger partial charge in [0.15, 0.2) is 0 Å². The number of hydrazone groups is 1. The Morgan fingerprint density at radius 3 is 2.61 bits per heavy atom. The van der Waals surface area contributed by atoms with E-state index in [2.05, 4.69) is 74.9 Å². The van der Waals surface area contributed by atoms with E-state index in [9.17, 15) is 14.0 Å². The SMILES string of the molecule is COC(=O)CC1=NN(CC(=O)NCCCN2CCN(c3cccc(C)c3C)CC2)C(I)c2c(F)cccc21. The van der Waals surface area contributed by atoms with Gasteiger partial charge in [-0.25, -0.2) is 4.39 Å². The summed E-state index contributed by atoms with van der Waals surface area (Å²) in [6.45, 7) is 9.76. The number of methoxy groups -OCH3 is 1. The Balaban J connectivity index is 1.25. The molecular weight excluding hydrogens is 600 g/mol. The van der Waals surface area contributed by atoms with Crippen LogP contribution in [-0.2, 0) is 14.3 Å². The lowest BCUT2D eigenvalue weighted by molar-refractivity contribution is -0.139. The highest BCUT2D eigenvalue weighted by Crippen LogP contribution is 2.37. The number of carbonyl (C=O) groups is 2. The minimum absolute atomic E-state index is 0.0272. The molecule has 0 aromatic heterocycles. The third-order valence-corrected chi connectivity index (χ3v) is 8.49. The van der Waals surface area contributed by atoms with Gasteiger partial charge in [0.05, 0.1) is 19.2 Å². The van der Waals surface area contributed by atoms with E-state index in [0.717, 1.165) is 39.1 Å². The predicted octanol–water partition coefficient (Wildman–Crippen LogP) is 3.79. The van der Waals surface area contributed by atoms with Crippen LogP contribution in [-0.4, -0.2) is 80.4 Å². The Kier molecular flexibility index (Phi) is 9.59. The molecule has 8 nitrogen and oxygen atoms in total. The molecule has 10 heteroatoms. The molecule has 0 bridgehead atoms. The Morgan fingerprint density at radius 1 is 1.13 bits per heavy atom. The molecule has 0 saturated carbocycles. The fourth-order valence-electron chi connectivity index (χ4n) is 4.92. The molecule has 0 spiro atoms. The number of aryl methyl sites for hydroxylation is 1. The average molecular weight is 636 g/mol. The van der Waals surface area contributed by atoms with E-state index in [1.807, 2.05) is 0 Å². The number of halogens is 2. The van der Waals surface area contributed by atoms with E-state index in [0.29, 0.717) is 23.4 Å². The molecule has 2 aromatic carbocycles. The second kappa shape index (κ2) is 12.9. The molecular formula is C28H35FIN5O3. The highest BCUT2D eigenvalue weighted by atomic mass is 127. The first-order valence-electron chi connectivity index (χ1n) is 12.9. The standard InChI is InChI=1S/C28H35FIN5O3/c1-19-7-4-10-24(20(19)2)34-15-13-33(14-16-34)12-6-11-31-25(36)18-35-28(30)27-21(8-5-9-22(27)29)23(32-35)17-26(37)38-3/h4-5,7-10,28H,6,11-18H2,1-3H3,(H,31,36). The summed E-state index contributed by atoms with van der Waals surface area (Å²) in [6, 6.07) is 11.2. The van der Waals surface area contributed by atoms with Crippen LogP contribution in [0.2, 0.25) is 0 Å². The summed E-state index contributed by atoms with van der Waals surface area (Å²) in [5.41, 5.74) is 5.38. The van der Waals surface area contributed by atoms with Gasteiger partial charge in [0.2, 0.25) is 5.91 Å². The summed E-state index contributed by atoms with van der Waals surface area (Å²) in [6.07, 6.45) is 0.752. The van der Waals surface area contributed by atoms with Crippen molar-refractivity contribution in [1.82, 2.24) is 15.2 Å². The van der Waals surface area contributed by atoms with Crippen molar-refractivity contribution in [3.8, 4) is 0 Å². The van der Waals surface area contributed by atoms with Crippen LogP contribution in [0.3, 0.4) is 0 Å². The number of hydrogen-bond donors (Lipinski definition) is 1. The highest BCUT2D eigenvalue weighted by molar-refractivity contribution is 14.1. The van der Waals surface area contributed by atoms with Crippen molar-refractivity contribution in [3.05, 3.63) is 64.5 Å². The van der Waals surface area contributed by atoms with Gasteiger partial charge in [0.1, 0.15) is 16.4 Å². The lowest BCUT2D eigenvalue weighted by Gasteiger charge is -2.37. The Bertz CT molecular complexity index is 1200. The summed E-state index contributed by atoms with van der Waals surface area (Å²) in [5, 5.41) is 9.02. The molecule has 2 heterocycles. The quantitative estimate of drug-likeness (QED) is 0.149. The van der Waals surface area contributed by atoms with Crippen LogP contribution >= 0.6 is 22.6 Å². The third-order valence-electron chi connectivity index (χ3n) is 7.22. The molecule has 2 aliphatic rings. The van der Waals surface area contributed by atoms with Crippen molar-refractivity contribution in [2.75, 3.05) is 57.8 Å². The first-order chi connectivity index (χ1) is 18.3. The number of esters is 1. The van der Waals surface area contributed by atoms with Crippen LogP contribution in [0.15, 0.2) is 41.5 Å². The van der Waals surface area contributed by atoms with Crippen LogP contribution in [0.5, 0.6) is 0 Å². The summed E-state index contributed by atoms with van der Waals surface area (Å²) < 4.78 is 19.0. The molecule has 1 unspecified atom stereocenters. The third kappa shape index (κ3) is 6.63. The van der Waals surface area contributed by atoms with Crippen molar-refractivity contribution in [2.45, 2.75) is 30.7 Å². The van der Waals surface area contributed by atoms with Crippen molar-refractivity contribution in [2.24, 2.45) is 5.10 Å². The lowest BCUT2D eigenvalue weighted by atomic mass is 9.98. The smallest absolute Gasteiger partial charge is 0.311 e. The second-order valence-electron chi connectivity index (χ2n) is 9.69. The molecule has 1 saturated heterocycles.